The molecule has 1 nitrogen and oxygen atoms in total. The fraction of sp³-hybridized carbons (Fsp3) is 0.429. The zero-order valence-electron chi connectivity index (χ0n) is 9.86. The van der Waals surface area contributed by atoms with Gasteiger partial charge in [0.25, 0.3) is 0 Å². The Morgan fingerprint density at radius 1 is 1.35 bits per heavy atom. The highest BCUT2D eigenvalue weighted by atomic mass is 35.5. The van der Waals surface area contributed by atoms with Gasteiger partial charge in [-0.3, -0.25) is 0 Å². The second kappa shape index (κ2) is 6.48. The predicted molar refractivity (Wildman–Crippen MR) is 76.7 cm³/mol. The minimum absolute atomic E-state index is 0.194. The van der Waals surface area contributed by atoms with E-state index in [9.17, 15) is 0 Å². The lowest BCUT2D eigenvalue weighted by Crippen LogP contribution is -2.26. The molecule has 3 heteroatoms. The van der Waals surface area contributed by atoms with Crippen LogP contribution in [-0.4, -0.2) is 11.8 Å². The highest BCUT2D eigenvalue weighted by Gasteiger charge is 2.12. The van der Waals surface area contributed by atoms with Gasteiger partial charge in [0.1, 0.15) is 0 Å². The van der Waals surface area contributed by atoms with Crippen LogP contribution in [0, 0.1) is 0 Å². The molecule has 1 aliphatic carbocycles. The molecule has 1 aliphatic rings. The molecule has 0 aliphatic heterocycles. The maximum Gasteiger partial charge on any atom is 0.0417 e. The summed E-state index contributed by atoms with van der Waals surface area (Å²) in [5.41, 5.74) is 7.65. The number of nitrogens with two attached hydrogens (primary N) is 1. The van der Waals surface area contributed by atoms with Crippen molar-refractivity contribution in [2.45, 2.75) is 36.6 Å². The number of allylic oxidation sites excluding steroid dienone is 1. The van der Waals surface area contributed by atoms with Crippen LogP contribution in [0.1, 0.15) is 25.7 Å². The Labute approximate surface area is 112 Å². The maximum absolute atomic E-state index is 6.21. The molecule has 0 aromatic heterocycles. The van der Waals surface area contributed by atoms with Crippen LogP contribution in [0.15, 0.2) is 40.8 Å². The Morgan fingerprint density at radius 2 is 2.24 bits per heavy atom. The fourth-order valence-electron chi connectivity index (χ4n) is 2.05. The third-order valence-corrected chi connectivity index (χ3v) is 4.38. The Morgan fingerprint density at radius 3 is 2.94 bits per heavy atom. The van der Waals surface area contributed by atoms with Crippen LogP contribution in [0.5, 0.6) is 0 Å². The molecule has 92 valence electrons. The van der Waals surface area contributed by atoms with Gasteiger partial charge >= 0.3 is 0 Å². The van der Waals surface area contributed by atoms with Crippen molar-refractivity contribution in [1.29, 1.82) is 0 Å². The van der Waals surface area contributed by atoms with Crippen molar-refractivity contribution in [2.24, 2.45) is 5.73 Å². The van der Waals surface area contributed by atoms with Gasteiger partial charge in [-0.15, -0.1) is 11.8 Å². The summed E-state index contributed by atoms with van der Waals surface area (Å²) in [6.45, 7) is 0. The number of hydrogen-bond donors (Lipinski definition) is 1. The Kier molecular flexibility index (Phi) is 4.96. The summed E-state index contributed by atoms with van der Waals surface area (Å²) in [5.74, 6) is 0.937. The molecule has 1 unspecified atom stereocenters. The van der Waals surface area contributed by atoms with E-state index >= 15 is 0 Å². The Balaban J connectivity index is 1.87. The minimum Gasteiger partial charge on any atom is -0.324 e. The lowest BCUT2D eigenvalue weighted by atomic mass is 9.95. The molecular weight excluding hydrogens is 250 g/mol. The second-order valence-corrected chi connectivity index (χ2v) is 5.93. The standard InChI is InChI=1S/C14H18ClNS/c15-12-7-4-8-13(9-12)17-10-14(16)11-5-2-1-3-6-11/h4-5,7-9,14H,1-3,6,10,16H2. The molecule has 0 heterocycles. The molecule has 0 saturated carbocycles. The van der Waals surface area contributed by atoms with Crippen LogP contribution < -0.4 is 5.73 Å². The second-order valence-electron chi connectivity index (χ2n) is 4.40. The highest BCUT2D eigenvalue weighted by Crippen LogP contribution is 2.26. The molecule has 2 rings (SSSR count). The van der Waals surface area contributed by atoms with Gasteiger partial charge in [-0.1, -0.05) is 29.3 Å². The van der Waals surface area contributed by atoms with E-state index in [4.69, 9.17) is 17.3 Å². The average molecular weight is 268 g/mol. The van der Waals surface area contributed by atoms with Crippen LogP contribution in [0.2, 0.25) is 5.02 Å². The van der Waals surface area contributed by atoms with Gasteiger partial charge in [-0.05, 0) is 43.9 Å². The third kappa shape index (κ3) is 4.06. The van der Waals surface area contributed by atoms with Crippen LogP contribution in [0.25, 0.3) is 0 Å². The summed E-state index contributed by atoms with van der Waals surface area (Å²) >= 11 is 7.74. The van der Waals surface area contributed by atoms with E-state index in [0.717, 1.165) is 10.8 Å². The molecular formula is C14H18ClNS. The number of hydrogen-bond acceptors (Lipinski definition) is 2. The van der Waals surface area contributed by atoms with Crippen molar-refractivity contribution in [1.82, 2.24) is 0 Å². The lowest BCUT2D eigenvalue weighted by molar-refractivity contribution is 0.656. The summed E-state index contributed by atoms with van der Waals surface area (Å²) in [6.07, 6.45) is 7.31. The molecule has 1 aromatic rings. The molecule has 0 spiro atoms. The molecule has 0 amide bonds. The first-order chi connectivity index (χ1) is 8.25. The molecule has 1 atom stereocenters. The van der Waals surface area contributed by atoms with E-state index in [-0.39, 0.29) is 6.04 Å². The Hall–Kier alpha value is -0.440. The van der Waals surface area contributed by atoms with E-state index in [1.165, 1.54) is 36.2 Å². The van der Waals surface area contributed by atoms with Crippen molar-refractivity contribution < 1.29 is 0 Å². The van der Waals surface area contributed by atoms with E-state index in [2.05, 4.69) is 12.1 Å². The number of rotatable bonds is 4. The van der Waals surface area contributed by atoms with E-state index in [0.29, 0.717) is 0 Å². The molecule has 0 bridgehead atoms. The minimum atomic E-state index is 0.194. The first-order valence-corrected chi connectivity index (χ1v) is 7.45. The molecule has 0 fully saturated rings. The van der Waals surface area contributed by atoms with E-state index in [1.807, 2.05) is 18.2 Å². The summed E-state index contributed by atoms with van der Waals surface area (Å²) in [4.78, 5) is 1.20. The topological polar surface area (TPSA) is 26.0 Å². The summed E-state index contributed by atoms with van der Waals surface area (Å²) in [7, 11) is 0. The van der Waals surface area contributed by atoms with Crippen LogP contribution in [0.4, 0.5) is 0 Å². The largest absolute Gasteiger partial charge is 0.324 e. The number of benzene rings is 1. The van der Waals surface area contributed by atoms with Crippen LogP contribution in [0.3, 0.4) is 0 Å². The average Bonchev–Trinajstić information content (AvgIpc) is 2.37. The summed E-state index contributed by atoms with van der Waals surface area (Å²) in [5, 5.41) is 0.792. The first-order valence-electron chi connectivity index (χ1n) is 6.08. The SMILES string of the molecule is NC(CSc1cccc(Cl)c1)C1=CCCCC1. The predicted octanol–water partition coefficient (Wildman–Crippen LogP) is 4.26. The molecule has 0 saturated heterocycles. The smallest absolute Gasteiger partial charge is 0.0417 e. The first kappa shape index (κ1) is 13.0. The lowest BCUT2D eigenvalue weighted by Gasteiger charge is -2.19. The molecule has 2 N–H and O–H groups in total. The van der Waals surface area contributed by atoms with Gasteiger partial charge in [0, 0.05) is 21.7 Å². The zero-order chi connectivity index (χ0) is 12.1. The van der Waals surface area contributed by atoms with Crippen molar-refractivity contribution in [2.75, 3.05) is 5.75 Å². The summed E-state index contributed by atoms with van der Waals surface area (Å²) in [6, 6.07) is 8.15. The molecule has 0 radical (unpaired) electrons. The van der Waals surface area contributed by atoms with E-state index in [1.54, 1.807) is 11.8 Å². The van der Waals surface area contributed by atoms with Crippen molar-refractivity contribution in [3.8, 4) is 0 Å². The fourth-order valence-corrected chi connectivity index (χ4v) is 3.28. The van der Waals surface area contributed by atoms with Gasteiger partial charge in [0.2, 0.25) is 0 Å². The molecule has 17 heavy (non-hydrogen) atoms. The van der Waals surface area contributed by atoms with Crippen molar-refractivity contribution >= 4 is 23.4 Å². The van der Waals surface area contributed by atoms with Crippen LogP contribution in [-0.2, 0) is 0 Å². The monoisotopic (exact) mass is 267 g/mol. The Bertz CT molecular complexity index is 403. The zero-order valence-corrected chi connectivity index (χ0v) is 11.4. The number of halogens is 1. The van der Waals surface area contributed by atoms with E-state index < -0.39 is 0 Å². The van der Waals surface area contributed by atoms with Crippen molar-refractivity contribution in [3.63, 3.8) is 0 Å². The maximum atomic E-state index is 6.21. The van der Waals surface area contributed by atoms with Crippen LogP contribution >= 0.6 is 23.4 Å². The van der Waals surface area contributed by atoms with Gasteiger partial charge in [-0.2, -0.15) is 0 Å². The van der Waals surface area contributed by atoms with Gasteiger partial charge in [0.05, 0.1) is 0 Å². The number of thioether (sulfide) groups is 1. The van der Waals surface area contributed by atoms with Crippen molar-refractivity contribution in [3.05, 3.63) is 40.9 Å². The van der Waals surface area contributed by atoms with Gasteiger partial charge in [0.15, 0.2) is 0 Å². The normalized spacial score (nSPS) is 17.6. The molecule has 1 aromatic carbocycles. The highest BCUT2D eigenvalue weighted by molar-refractivity contribution is 7.99. The third-order valence-electron chi connectivity index (χ3n) is 3.03. The van der Waals surface area contributed by atoms with Gasteiger partial charge in [-0.25, -0.2) is 0 Å². The summed E-state index contributed by atoms with van der Waals surface area (Å²) < 4.78 is 0. The van der Waals surface area contributed by atoms with Gasteiger partial charge < -0.3 is 5.73 Å². The quantitative estimate of drug-likeness (QED) is 0.652.